The van der Waals surface area contributed by atoms with E-state index < -0.39 is 0 Å². The van der Waals surface area contributed by atoms with E-state index in [4.69, 9.17) is 15.0 Å². The molecule has 0 unspecified atom stereocenters. The van der Waals surface area contributed by atoms with Crippen LogP contribution >= 0.6 is 0 Å². The highest BCUT2D eigenvalue weighted by Gasteiger charge is 2.61. The summed E-state index contributed by atoms with van der Waals surface area (Å²) >= 11 is 0. The number of rotatable bonds is 3. The van der Waals surface area contributed by atoms with Crippen LogP contribution in [0.15, 0.2) is 122 Å². The van der Waals surface area contributed by atoms with Gasteiger partial charge in [-0.1, -0.05) is 97.1 Å². The summed E-state index contributed by atoms with van der Waals surface area (Å²) in [6.07, 6.45) is 11.1. The maximum atomic E-state index is 5.25. The average molecular weight is 619 g/mol. The molecule has 2 aromatic heterocycles. The summed E-state index contributed by atoms with van der Waals surface area (Å²) in [5.74, 6) is 5.36. The Kier molecular flexibility index (Phi) is 5.53. The third-order valence-corrected chi connectivity index (χ3v) is 12.4. The molecule has 5 aliphatic rings. The predicted octanol–water partition coefficient (Wildman–Crippen LogP) is 10.3. The van der Waals surface area contributed by atoms with Crippen LogP contribution in [0.2, 0.25) is 0 Å². The lowest BCUT2D eigenvalue weighted by atomic mass is 9.43. The van der Waals surface area contributed by atoms with E-state index in [0.717, 1.165) is 51.1 Å². The molecule has 7 aromatic rings. The Bertz CT molecular complexity index is 2310. The molecule has 4 heteroatoms. The van der Waals surface area contributed by atoms with Gasteiger partial charge < -0.3 is 0 Å². The largest absolute Gasteiger partial charge is 0.264 e. The van der Waals surface area contributed by atoms with Gasteiger partial charge in [-0.05, 0) is 106 Å². The zero-order valence-corrected chi connectivity index (χ0v) is 26.7. The molecule has 0 aliphatic heterocycles. The quantitative estimate of drug-likeness (QED) is 0.198. The van der Waals surface area contributed by atoms with Crippen molar-refractivity contribution >= 4 is 21.5 Å². The zero-order valence-electron chi connectivity index (χ0n) is 26.7. The zero-order chi connectivity index (χ0) is 31.4. The number of aromatic nitrogens is 4. The first-order valence-electron chi connectivity index (χ1n) is 17.6. The SMILES string of the molecule is c1ccc2c(-c3nc(-c4ccc5c(c4)-c4cnccc4C54C5CC6CC(C5)CC4C6)nc(-c4cccc5ccccc45)n3)cccc2c1. The summed E-state index contributed by atoms with van der Waals surface area (Å²) < 4.78 is 0. The monoisotopic (exact) mass is 618 g/mol. The normalized spacial score (nSPS) is 24.8. The van der Waals surface area contributed by atoms with Gasteiger partial charge in [0.2, 0.25) is 0 Å². The summed E-state index contributed by atoms with van der Waals surface area (Å²) in [6, 6.07) is 39.2. The molecule has 0 atom stereocenters. The minimum atomic E-state index is 0.112. The molecule has 12 rings (SSSR count). The second-order valence-electron chi connectivity index (χ2n) is 14.7. The molecule has 4 saturated carbocycles. The third kappa shape index (κ3) is 3.66. The van der Waals surface area contributed by atoms with Crippen molar-refractivity contribution in [3.05, 3.63) is 133 Å². The fourth-order valence-electron chi connectivity index (χ4n) is 10.8. The van der Waals surface area contributed by atoms with Crippen molar-refractivity contribution in [1.82, 2.24) is 19.9 Å². The number of hydrogen-bond acceptors (Lipinski definition) is 4. The van der Waals surface area contributed by atoms with Crippen molar-refractivity contribution in [2.24, 2.45) is 23.7 Å². The molecule has 0 radical (unpaired) electrons. The lowest BCUT2D eigenvalue weighted by Gasteiger charge is -2.61. The Labute approximate surface area is 280 Å². The van der Waals surface area contributed by atoms with Gasteiger partial charge in [0.1, 0.15) is 0 Å². The van der Waals surface area contributed by atoms with Gasteiger partial charge >= 0.3 is 0 Å². The highest BCUT2D eigenvalue weighted by molar-refractivity contribution is 5.97. The third-order valence-electron chi connectivity index (χ3n) is 12.4. The Balaban J connectivity index is 1.14. The Morgan fingerprint density at radius 3 is 1.69 bits per heavy atom. The lowest BCUT2D eigenvalue weighted by Crippen LogP contribution is -2.55. The Morgan fingerprint density at radius 1 is 0.479 bits per heavy atom. The fraction of sp³-hybridized carbons (Fsp3) is 0.227. The number of nitrogens with zero attached hydrogens (tertiary/aromatic N) is 4. The maximum absolute atomic E-state index is 5.25. The summed E-state index contributed by atoms with van der Waals surface area (Å²) in [4.78, 5) is 20.4. The van der Waals surface area contributed by atoms with E-state index in [1.807, 2.05) is 6.20 Å². The Hall–Kier alpha value is -5.22. The number of benzene rings is 5. The van der Waals surface area contributed by atoms with Crippen LogP contribution in [-0.4, -0.2) is 19.9 Å². The van der Waals surface area contributed by atoms with Crippen LogP contribution in [0, 0.1) is 23.7 Å². The first-order chi connectivity index (χ1) is 23.7. The van der Waals surface area contributed by atoms with E-state index in [1.165, 1.54) is 65.1 Å². The number of pyridine rings is 1. The number of fused-ring (bicyclic) bond motifs is 5. The first-order valence-corrected chi connectivity index (χ1v) is 17.6. The molecule has 5 aliphatic carbocycles. The number of hydrogen-bond donors (Lipinski definition) is 0. The maximum Gasteiger partial charge on any atom is 0.164 e. The molecule has 2 heterocycles. The van der Waals surface area contributed by atoms with Crippen LogP contribution in [0.3, 0.4) is 0 Å². The van der Waals surface area contributed by atoms with E-state index in [0.29, 0.717) is 17.5 Å². The standard InChI is InChI=1S/C44H34N4/c1-3-11-33-28(7-1)9-5-13-35(33)42-46-41(47-43(48-42)36-14-6-10-29-8-2-4-12-34(29)36)30-15-16-39-37(24-30)38-25-45-18-17-40(38)44(39)31-20-26-19-27(22-31)23-32(44)21-26/h1-18,24-27,31-32H,19-23H2. The highest BCUT2D eigenvalue weighted by atomic mass is 15.0. The van der Waals surface area contributed by atoms with E-state index in [9.17, 15) is 0 Å². The molecule has 230 valence electrons. The van der Waals surface area contributed by atoms with Gasteiger partial charge in [0.25, 0.3) is 0 Å². The van der Waals surface area contributed by atoms with Crippen molar-refractivity contribution < 1.29 is 0 Å². The molecule has 1 spiro atoms. The lowest BCUT2D eigenvalue weighted by molar-refractivity contribution is -0.0399. The first kappa shape index (κ1) is 26.8. The molecular weight excluding hydrogens is 585 g/mol. The van der Waals surface area contributed by atoms with Gasteiger partial charge in [-0.15, -0.1) is 0 Å². The predicted molar refractivity (Wildman–Crippen MR) is 192 cm³/mol. The van der Waals surface area contributed by atoms with Gasteiger partial charge in [-0.3, -0.25) is 4.98 Å². The van der Waals surface area contributed by atoms with Crippen LogP contribution in [0.5, 0.6) is 0 Å². The van der Waals surface area contributed by atoms with E-state index in [2.05, 4.69) is 120 Å². The van der Waals surface area contributed by atoms with Crippen LogP contribution in [0.25, 0.3) is 66.8 Å². The molecule has 0 saturated heterocycles. The molecule has 4 fully saturated rings. The van der Waals surface area contributed by atoms with Gasteiger partial charge in [0.05, 0.1) is 0 Å². The molecule has 0 N–H and O–H groups in total. The molecule has 48 heavy (non-hydrogen) atoms. The van der Waals surface area contributed by atoms with Crippen LogP contribution in [0.1, 0.15) is 43.2 Å². The van der Waals surface area contributed by atoms with Gasteiger partial charge in [0, 0.05) is 40.1 Å². The van der Waals surface area contributed by atoms with E-state index >= 15 is 0 Å². The smallest absolute Gasteiger partial charge is 0.164 e. The van der Waals surface area contributed by atoms with Crippen LogP contribution in [0.4, 0.5) is 0 Å². The van der Waals surface area contributed by atoms with E-state index in [-0.39, 0.29) is 5.41 Å². The van der Waals surface area contributed by atoms with Crippen molar-refractivity contribution in [3.63, 3.8) is 0 Å². The van der Waals surface area contributed by atoms with Crippen molar-refractivity contribution in [2.45, 2.75) is 37.5 Å². The van der Waals surface area contributed by atoms with Crippen LogP contribution < -0.4 is 0 Å². The average Bonchev–Trinajstić information content (AvgIpc) is 3.43. The molecular formula is C44H34N4. The summed E-state index contributed by atoms with van der Waals surface area (Å²) in [5, 5.41) is 4.62. The van der Waals surface area contributed by atoms with E-state index in [1.54, 1.807) is 0 Å². The van der Waals surface area contributed by atoms with Crippen LogP contribution in [-0.2, 0) is 5.41 Å². The second kappa shape index (κ2) is 9.90. The molecule has 4 nitrogen and oxygen atoms in total. The van der Waals surface area contributed by atoms with Crippen molar-refractivity contribution in [1.29, 1.82) is 0 Å². The van der Waals surface area contributed by atoms with Gasteiger partial charge in [-0.25, -0.2) is 15.0 Å². The molecule has 0 amide bonds. The van der Waals surface area contributed by atoms with Crippen molar-refractivity contribution in [3.8, 4) is 45.3 Å². The topological polar surface area (TPSA) is 51.6 Å². The summed E-state index contributed by atoms with van der Waals surface area (Å²) in [5.41, 5.74) is 8.82. The minimum Gasteiger partial charge on any atom is -0.264 e. The highest BCUT2D eigenvalue weighted by Crippen LogP contribution is 2.69. The van der Waals surface area contributed by atoms with Gasteiger partial charge in [-0.2, -0.15) is 0 Å². The second-order valence-corrected chi connectivity index (χ2v) is 14.7. The van der Waals surface area contributed by atoms with Crippen molar-refractivity contribution in [2.75, 3.05) is 0 Å². The summed E-state index contributed by atoms with van der Waals surface area (Å²) in [6.45, 7) is 0. The summed E-state index contributed by atoms with van der Waals surface area (Å²) in [7, 11) is 0. The van der Waals surface area contributed by atoms with Gasteiger partial charge in [0.15, 0.2) is 17.5 Å². The minimum absolute atomic E-state index is 0.112. The molecule has 4 bridgehead atoms. The Morgan fingerprint density at radius 2 is 1.04 bits per heavy atom. The molecule has 5 aromatic carbocycles. The fourth-order valence-corrected chi connectivity index (χ4v) is 10.8.